The van der Waals surface area contributed by atoms with Crippen LogP contribution in [0.15, 0.2) is 12.3 Å². The van der Waals surface area contributed by atoms with Crippen molar-refractivity contribution in [3.63, 3.8) is 0 Å². The molecule has 3 rings (SSSR count). The number of carbonyl (C=O) groups is 1. The molecule has 5 nitrogen and oxygen atoms in total. The fourth-order valence-corrected chi connectivity index (χ4v) is 3.91. The highest BCUT2D eigenvalue weighted by Crippen LogP contribution is 2.30. The average molecular weight is 357 g/mol. The van der Waals surface area contributed by atoms with Crippen LogP contribution in [0, 0.1) is 18.3 Å². The summed E-state index contributed by atoms with van der Waals surface area (Å²) in [5.41, 5.74) is 3.00. The normalized spacial score (nSPS) is 16.2. The van der Waals surface area contributed by atoms with Gasteiger partial charge in [0.25, 0.3) is 0 Å². The summed E-state index contributed by atoms with van der Waals surface area (Å²) in [6, 6.07) is 1.94. The minimum Gasteiger partial charge on any atom is -0.309 e. The van der Waals surface area contributed by atoms with Crippen LogP contribution in [-0.2, 0) is 11.2 Å². The Morgan fingerprint density at radius 2 is 2.00 bits per heavy atom. The number of hydrogen-bond donors (Lipinski definition) is 1. The number of nitrogens with one attached hydrogen (secondary N) is 1. The van der Waals surface area contributed by atoms with Crippen molar-refractivity contribution >= 4 is 17.4 Å². The van der Waals surface area contributed by atoms with Gasteiger partial charge in [0.2, 0.25) is 5.91 Å². The van der Waals surface area contributed by atoms with Crippen LogP contribution in [-0.4, -0.2) is 20.5 Å². The van der Waals surface area contributed by atoms with E-state index < -0.39 is 0 Å². The first-order chi connectivity index (χ1) is 12.3. The van der Waals surface area contributed by atoms with E-state index in [-0.39, 0.29) is 11.3 Å². The third kappa shape index (κ3) is 4.63. The molecule has 0 radical (unpaired) electrons. The first-order valence-corrected chi connectivity index (χ1v) is 9.96. The van der Waals surface area contributed by atoms with Crippen LogP contribution in [0.3, 0.4) is 0 Å². The molecule has 1 amide bonds. The van der Waals surface area contributed by atoms with E-state index in [0.29, 0.717) is 18.2 Å². The van der Waals surface area contributed by atoms with Crippen LogP contribution < -0.4 is 5.32 Å². The number of nitrogens with zero attached hydrogens (tertiary/aromatic N) is 3. The monoisotopic (exact) mass is 356 g/mol. The lowest BCUT2D eigenvalue weighted by Crippen LogP contribution is -2.17. The lowest BCUT2D eigenvalue weighted by Gasteiger charge is -2.21. The van der Waals surface area contributed by atoms with E-state index in [1.54, 1.807) is 0 Å². The molecular formula is C21H32N4O. The smallest absolute Gasteiger partial charge is 0.225 e. The van der Waals surface area contributed by atoms with Crippen LogP contribution in [0.2, 0.25) is 0 Å². The Morgan fingerprint density at radius 1 is 1.27 bits per heavy atom. The number of aryl methyl sites for hydroxylation is 1. The molecule has 1 fully saturated rings. The maximum atomic E-state index is 12.6. The summed E-state index contributed by atoms with van der Waals surface area (Å²) in [6.45, 7) is 8.60. The van der Waals surface area contributed by atoms with Crippen LogP contribution >= 0.6 is 0 Å². The van der Waals surface area contributed by atoms with E-state index in [2.05, 4.69) is 36.2 Å². The number of hydrogen-bond acceptors (Lipinski definition) is 3. The van der Waals surface area contributed by atoms with Gasteiger partial charge in [-0.15, -0.1) is 5.10 Å². The topological polar surface area (TPSA) is 59.3 Å². The molecular weight excluding hydrogens is 324 g/mol. The fraction of sp³-hybridized carbons (Fsp3) is 0.667. The van der Waals surface area contributed by atoms with Crippen molar-refractivity contribution in [1.82, 2.24) is 14.6 Å². The number of anilines is 1. The predicted octanol–water partition coefficient (Wildman–Crippen LogP) is 4.93. The summed E-state index contributed by atoms with van der Waals surface area (Å²) < 4.78 is 1.85. The Bertz CT molecular complexity index is 766. The molecule has 26 heavy (non-hydrogen) atoms. The van der Waals surface area contributed by atoms with Gasteiger partial charge in [-0.05, 0) is 37.2 Å². The molecule has 0 atom stereocenters. The Balaban J connectivity index is 1.76. The van der Waals surface area contributed by atoms with Crippen molar-refractivity contribution in [2.24, 2.45) is 11.3 Å². The van der Waals surface area contributed by atoms with E-state index >= 15 is 0 Å². The highest BCUT2D eigenvalue weighted by molar-refractivity contribution is 5.91. The van der Waals surface area contributed by atoms with E-state index in [1.807, 2.05) is 23.7 Å². The maximum absolute atomic E-state index is 12.6. The zero-order valence-corrected chi connectivity index (χ0v) is 16.6. The molecule has 0 aliphatic heterocycles. The highest BCUT2D eigenvalue weighted by atomic mass is 16.1. The van der Waals surface area contributed by atoms with Gasteiger partial charge in [0.15, 0.2) is 11.5 Å². The molecule has 0 bridgehead atoms. The summed E-state index contributed by atoms with van der Waals surface area (Å²) in [5, 5.41) is 7.73. The lowest BCUT2D eigenvalue weighted by atomic mass is 9.86. The molecule has 1 aliphatic carbocycles. The number of carbonyl (C=O) groups excluding carboxylic acids is 1. The highest BCUT2D eigenvalue weighted by Gasteiger charge is 2.23. The van der Waals surface area contributed by atoms with Gasteiger partial charge in [-0.1, -0.05) is 52.9 Å². The van der Waals surface area contributed by atoms with E-state index in [0.717, 1.165) is 29.7 Å². The molecule has 2 aromatic rings. The second kappa shape index (κ2) is 7.77. The molecule has 1 aliphatic rings. The Hall–Kier alpha value is -1.91. The summed E-state index contributed by atoms with van der Waals surface area (Å²) >= 11 is 0. The van der Waals surface area contributed by atoms with Crippen molar-refractivity contribution in [3.05, 3.63) is 23.5 Å². The van der Waals surface area contributed by atoms with Gasteiger partial charge in [-0.25, -0.2) is 9.50 Å². The molecule has 2 heterocycles. The lowest BCUT2D eigenvalue weighted by molar-refractivity contribution is -0.116. The van der Waals surface area contributed by atoms with Crippen LogP contribution in [0.4, 0.5) is 5.82 Å². The Kier molecular flexibility index (Phi) is 5.64. The number of fused-ring (bicyclic) bond motifs is 1. The molecule has 5 heteroatoms. The van der Waals surface area contributed by atoms with Crippen molar-refractivity contribution < 1.29 is 4.79 Å². The summed E-state index contributed by atoms with van der Waals surface area (Å²) in [4.78, 5) is 17.1. The van der Waals surface area contributed by atoms with Crippen molar-refractivity contribution in [2.75, 3.05) is 5.32 Å². The van der Waals surface area contributed by atoms with Gasteiger partial charge in [-0.3, -0.25) is 4.79 Å². The standard InChI is InChI=1S/C21H32N4O/c1-15-12-13-22-20-17(14-21(2,3)4)19(24-25(15)20)23-18(26)11-10-16-8-6-5-7-9-16/h12-13,16H,5-11,14H2,1-4H3,(H,23,24,26). The Labute approximate surface area is 156 Å². The second-order valence-corrected chi connectivity index (χ2v) is 8.98. The quantitative estimate of drug-likeness (QED) is 0.827. The summed E-state index contributed by atoms with van der Waals surface area (Å²) in [5.74, 6) is 1.47. The van der Waals surface area contributed by atoms with Gasteiger partial charge < -0.3 is 5.32 Å². The number of aromatic nitrogens is 3. The Morgan fingerprint density at radius 3 is 2.69 bits per heavy atom. The third-order valence-electron chi connectivity index (χ3n) is 5.27. The van der Waals surface area contributed by atoms with E-state index in [1.165, 1.54) is 32.1 Å². The van der Waals surface area contributed by atoms with Crippen LogP contribution in [0.5, 0.6) is 0 Å². The third-order valence-corrected chi connectivity index (χ3v) is 5.27. The van der Waals surface area contributed by atoms with Crippen molar-refractivity contribution in [2.45, 2.75) is 79.1 Å². The van der Waals surface area contributed by atoms with Gasteiger partial charge >= 0.3 is 0 Å². The zero-order chi connectivity index (χ0) is 18.7. The predicted molar refractivity (Wildman–Crippen MR) is 105 cm³/mol. The van der Waals surface area contributed by atoms with Crippen molar-refractivity contribution in [3.8, 4) is 0 Å². The van der Waals surface area contributed by atoms with Crippen LogP contribution in [0.25, 0.3) is 5.65 Å². The molecule has 2 aromatic heterocycles. The first-order valence-electron chi connectivity index (χ1n) is 9.96. The molecule has 0 aromatic carbocycles. The largest absolute Gasteiger partial charge is 0.309 e. The molecule has 1 N–H and O–H groups in total. The molecule has 0 saturated heterocycles. The van der Waals surface area contributed by atoms with Gasteiger partial charge in [0.05, 0.1) is 0 Å². The number of rotatable bonds is 5. The second-order valence-electron chi connectivity index (χ2n) is 8.98. The molecule has 1 saturated carbocycles. The minimum absolute atomic E-state index is 0.0757. The zero-order valence-electron chi connectivity index (χ0n) is 16.6. The van der Waals surface area contributed by atoms with Crippen molar-refractivity contribution in [1.29, 1.82) is 0 Å². The molecule has 0 unspecified atom stereocenters. The van der Waals surface area contributed by atoms with Gasteiger partial charge in [0, 0.05) is 23.9 Å². The fourth-order valence-electron chi connectivity index (χ4n) is 3.91. The van der Waals surface area contributed by atoms with Gasteiger partial charge in [-0.2, -0.15) is 0 Å². The first kappa shape index (κ1) is 18.9. The van der Waals surface area contributed by atoms with Gasteiger partial charge in [0.1, 0.15) is 0 Å². The molecule has 142 valence electrons. The van der Waals surface area contributed by atoms with Crippen LogP contribution in [0.1, 0.15) is 77.0 Å². The molecule has 0 spiro atoms. The average Bonchev–Trinajstić information content (AvgIpc) is 2.91. The minimum atomic E-state index is 0.0757. The maximum Gasteiger partial charge on any atom is 0.225 e. The summed E-state index contributed by atoms with van der Waals surface area (Å²) in [7, 11) is 0. The summed E-state index contributed by atoms with van der Waals surface area (Å²) in [6.07, 6.45) is 10.8. The number of amides is 1. The SMILES string of the molecule is Cc1ccnc2c(CC(C)(C)C)c(NC(=O)CCC3CCCCC3)nn12. The van der Waals surface area contributed by atoms with E-state index in [9.17, 15) is 4.79 Å². The van der Waals surface area contributed by atoms with E-state index in [4.69, 9.17) is 0 Å².